The molecule has 0 aliphatic heterocycles. The third-order valence-electron chi connectivity index (χ3n) is 2.72. The van der Waals surface area contributed by atoms with Gasteiger partial charge in [-0.05, 0) is 0 Å². The fourth-order valence-corrected chi connectivity index (χ4v) is 11.0. The van der Waals surface area contributed by atoms with Crippen LogP contribution >= 0.6 is 17.9 Å². The van der Waals surface area contributed by atoms with Gasteiger partial charge in [-0.1, -0.05) is 0 Å². The number of carbonyl (C=O) groups excluding carboxylic acids is 1. The van der Waals surface area contributed by atoms with Gasteiger partial charge in [-0.2, -0.15) is 0 Å². The standard InChI is InChI=1S/C11H18Cl2OTe/c1-2-3-8-15(12,13)11-7-5-4-6-10(11)9-14/h9H,2-8H2,1H3. The number of carbonyl (C=O) groups is 1. The summed E-state index contributed by atoms with van der Waals surface area (Å²) in [6, 6.07) is 0. The van der Waals surface area contributed by atoms with Crippen LogP contribution in [0.1, 0.15) is 45.4 Å². The molecule has 0 spiro atoms. The molecular formula is C11H18Cl2OTe. The first kappa shape index (κ1) is 13.8. The van der Waals surface area contributed by atoms with Gasteiger partial charge in [0.25, 0.3) is 0 Å². The molecule has 0 radical (unpaired) electrons. The van der Waals surface area contributed by atoms with Gasteiger partial charge in [0.15, 0.2) is 0 Å². The first-order valence-electron chi connectivity index (χ1n) is 5.49. The molecule has 1 rings (SSSR count). The normalized spacial score (nSPS) is 19.1. The van der Waals surface area contributed by atoms with E-state index in [0.717, 1.165) is 58.5 Å². The summed E-state index contributed by atoms with van der Waals surface area (Å²) < 4.78 is 2.10. The van der Waals surface area contributed by atoms with E-state index >= 15 is 0 Å². The molecule has 0 aromatic rings. The molecule has 0 aromatic carbocycles. The average molecular weight is 365 g/mol. The second kappa shape index (κ2) is 6.50. The van der Waals surface area contributed by atoms with Crippen molar-refractivity contribution in [1.82, 2.24) is 0 Å². The molecule has 0 saturated heterocycles. The molecule has 88 valence electrons. The summed E-state index contributed by atoms with van der Waals surface area (Å²) in [5.41, 5.74) is 0.920. The maximum absolute atomic E-state index is 10.9. The molecule has 1 aliphatic carbocycles. The van der Waals surface area contributed by atoms with Crippen molar-refractivity contribution in [3.8, 4) is 0 Å². The van der Waals surface area contributed by atoms with Crippen LogP contribution < -0.4 is 0 Å². The van der Waals surface area contributed by atoms with E-state index in [2.05, 4.69) is 6.92 Å². The van der Waals surface area contributed by atoms with Gasteiger partial charge >= 0.3 is 104 Å². The van der Waals surface area contributed by atoms with Crippen molar-refractivity contribution in [2.45, 2.75) is 49.9 Å². The molecule has 0 fully saturated rings. The third kappa shape index (κ3) is 3.93. The Morgan fingerprint density at radius 3 is 2.60 bits per heavy atom. The van der Waals surface area contributed by atoms with Crippen LogP contribution in [0.25, 0.3) is 0 Å². The second-order valence-electron chi connectivity index (χ2n) is 3.91. The molecule has 0 N–H and O–H groups in total. The van der Waals surface area contributed by atoms with Crippen LogP contribution in [0, 0.1) is 0 Å². The SMILES string of the molecule is CCCC[Te](Cl)(Cl)C1=C(C=O)CCCC1. The first-order valence-corrected chi connectivity index (χ1v) is 14.2. The number of unbranched alkanes of at least 4 members (excludes halogenated alkanes) is 1. The fraction of sp³-hybridized carbons (Fsp3) is 0.727. The van der Waals surface area contributed by atoms with Crippen molar-refractivity contribution in [3.63, 3.8) is 0 Å². The molecular weight excluding hydrogens is 347 g/mol. The maximum atomic E-state index is 10.9. The van der Waals surface area contributed by atoms with Crippen LogP contribution in [-0.2, 0) is 4.79 Å². The van der Waals surface area contributed by atoms with Crippen LogP contribution in [0.4, 0.5) is 0 Å². The fourth-order valence-electron chi connectivity index (χ4n) is 1.82. The molecule has 15 heavy (non-hydrogen) atoms. The minimum absolute atomic E-state index is 0.887. The van der Waals surface area contributed by atoms with E-state index in [9.17, 15) is 4.79 Å². The Labute approximate surface area is 103 Å². The Kier molecular flexibility index (Phi) is 6.00. The van der Waals surface area contributed by atoms with Gasteiger partial charge < -0.3 is 0 Å². The molecule has 0 saturated carbocycles. The van der Waals surface area contributed by atoms with Gasteiger partial charge in [0, 0.05) is 0 Å². The molecule has 0 bridgehead atoms. The quantitative estimate of drug-likeness (QED) is 0.524. The topological polar surface area (TPSA) is 17.1 Å². The summed E-state index contributed by atoms with van der Waals surface area (Å²) in [6.45, 7) is 2.14. The summed E-state index contributed by atoms with van der Waals surface area (Å²) in [5, 5.41) is 0. The summed E-state index contributed by atoms with van der Waals surface area (Å²) in [6.07, 6.45) is 7.29. The zero-order valence-corrected chi connectivity index (χ0v) is 12.9. The Bertz CT molecular complexity index is 261. The van der Waals surface area contributed by atoms with E-state index in [1.54, 1.807) is 0 Å². The predicted molar refractivity (Wildman–Crippen MR) is 68.7 cm³/mol. The third-order valence-corrected chi connectivity index (χ3v) is 13.0. The predicted octanol–water partition coefficient (Wildman–Crippen LogP) is 4.32. The number of hydrogen-bond acceptors (Lipinski definition) is 1. The van der Waals surface area contributed by atoms with Crippen molar-refractivity contribution in [3.05, 3.63) is 9.19 Å². The number of halogens is 2. The summed E-state index contributed by atoms with van der Waals surface area (Å²) in [7, 11) is 13.0. The second-order valence-corrected chi connectivity index (χ2v) is 17.9. The van der Waals surface area contributed by atoms with E-state index in [1.807, 2.05) is 0 Å². The molecule has 0 atom stereocenters. The molecule has 0 unspecified atom stereocenters. The Morgan fingerprint density at radius 2 is 2.00 bits per heavy atom. The molecule has 1 nitrogen and oxygen atoms in total. The minimum atomic E-state index is -2.87. The van der Waals surface area contributed by atoms with Crippen molar-refractivity contribution < 1.29 is 4.79 Å². The van der Waals surface area contributed by atoms with Crippen LogP contribution in [-0.4, -0.2) is 22.2 Å². The first-order chi connectivity index (χ1) is 7.11. The van der Waals surface area contributed by atoms with Gasteiger partial charge in [0.05, 0.1) is 0 Å². The molecule has 0 aromatic heterocycles. The molecule has 1 aliphatic rings. The van der Waals surface area contributed by atoms with E-state index in [0.29, 0.717) is 0 Å². The zero-order valence-electron chi connectivity index (χ0n) is 9.10. The van der Waals surface area contributed by atoms with Crippen LogP contribution in [0.15, 0.2) is 9.19 Å². The summed E-state index contributed by atoms with van der Waals surface area (Å²) in [5.74, 6) is 0. The summed E-state index contributed by atoms with van der Waals surface area (Å²) >= 11 is -2.87. The van der Waals surface area contributed by atoms with E-state index in [-0.39, 0.29) is 0 Å². The van der Waals surface area contributed by atoms with Crippen LogP contribution in [0.5, 0.6) is 0 Å². The Balaban J connectivity index is 2.81. The van der Waals surface area contributed by atoms with E-state index < -0.39 is 15.9 Å². The van der Waals surface area contributed by atoms with Crippen LogP contribution in [0.3, 0.4) is 0 Å². The Hall–Kier alpha value is 0.780. The number of hydrogen-bond donors (Lipinski definition) is 0. The zero-order chi connectivity index (χ0) is 11.3. The average Bonchev–Trinajstić information content (AvgIpc) is 2.26. The van der Waals surface area contributed by atoms with Crippen molar-refractivity contribution in [1.29, 1.82) is 0 Å². The Morgan fingerprint density at radius 1 is 1.33 bits per heavy atom. The van der Waals surface area contributed by atoms with E-state index in [1.165, 1.54) is 0 Å². The number of rotatable bonds is 5. The van der Waals surface area contributed by atoms with Crippen molar-refractivity contribution >= 4 is 40.2 Å². The molecule has 0 amide bonds. The van der Waals surface area contributed by atoms with Gasteiger partial charge in [0.1, 0.15) is 0 Å². The monoisotopic (exact) mass is 366 g/mol. The molecule has 4 heteroatoms. The van der Waals surface area contributed by atoms with Gasteiger partial charge in [-0.3, -0.25) is 0 Å². The van der Waals surface area contributed by atoms with Gasteiger partial charge in [0.2, 0.25) is 0 Å². The van der Waals surface area contributed by atoms with E-state index in [4.69, 9.17) is 17.9 Å². The summed E-state index contributed by atoms with van der Waals surface area (Å²) in [4.78, 5) is 10.9. The van der Waals surface area contributed by atoms with Gasteiger partial charge in [-0.15, -0.1) is 0 Å². The van der Waals surface area contributed by atoms with Crippen LogP contribution in [0.2, 0.25) is 4.47 Å². The number of aldehydes is 1. The number of allylic oxidation sites excluding steroid dienone is 2. The van der Waals surface area contributed by atoms with Crippen molar-refractivity contribution in [2.75, 3.05) is 0 Å². The molecule has 0 heterocycles. The van der Waals surface area contributed by atoms with Gasteiger partial charge in [-0.25, -0.2) is 0 Å². The van der Waals surface area contributed by atoms with Crippen molar-refractivity contribution in [2.24, 2.45) is 0 Å².